The summed E-state index contributed by atoms with van der Waals surface area (Å²) in [6, 6.07) is 10.4. The minimum absolute atomic E-state index is 0.0200. The standard InChI is InChI=1S/C17H15N3O7S/c21-16-8-11(17(22)23)10-19(16)13-4-6-15(7-5-13)28(26,27)18-12-2-1-3-14(9-12)20(24)25/h1-7,9,11,18H,8,10H2,(H,22,23)/t11-/m0/s1. The number of nitrogens with one attached hydrogen (secondary N) is 1. The van der Waals surface area contributed by atoms with Crippen molar-refractivity contribution < 1.29 is 28.0 Å². The van der Waals surface area contributed by atoms with Gasteiger partial charge in [0.05, 0.1) is 21.4 Å². The lowest BCUT2D eigenvalue weighted by atomic mass is 10.1. The largest absolute Gasteiger partial charge is 0.481 e. The quantitative estimate of drug-likeness (QED) is 0.550. The molecule has 1 aliphatic rings. The molecule has 1 aliphatic heterocycles. The summed E-state index contributed by atoms with van der Waals surface area (Å²) >= 11 is 0. The van der Waals surface area contributed by atoms with Gasteiger partial charge in [-0.3, -0.25) is 24.4 Å². The monoisotopic (exact) mass is 405 g/mol. The van der Waals surface area contributed by atoms with Crippen LogP contribution in [0.15, 0.2) is 53.4 Å². The molecule has 10 nitrogen and oxygen atoms in total. The van der Waals surface area contributed by atoms with Gasteiger partial charge in [0, 0.05) is 30.8 Å². The van der Waals surface area contributed by atoms with Gasteiger partial charge in [-0.15, -0.1) is 0 Å². The summed E-state index contributed by atoms with van der Waals surface area (Å²) in [5, 5.41) is 19.8. The third-order valence-electron chi connectivity index (χ3n) is 4.24. The molecule has 1 saturated heterocycles. The molecule has 146 valence electrons. The molecule has 2 N–H and O–H groups in total. The Morgan fingerprint density at radius 3 is 2.46 bits per heavy atom. The molecule has 28 heavy (non-hydrogen) atoms. The number of aliphatic carboxylic acids is 1. The third-order valence-corrected chi connectivity index (χ3v) is 5.64. The number of sulfonamides is 1. The van der Waals surface area contributed by atoms with Gasteiger partial charge in [-0.05, 0) is 30.3 Å². The Morgan fingerprint density at radius 2 is 1.89 bits per heavy atom. The van der Waals surface area contributed by atoms with Gasteiger partial charge >= 0.3 is 5.97 Å². The fourth-order valence-corrected chi connectivity index (χ4v) is 3.87. The Morgan fingerprint density at radius 1 is 1.21 bits per heavy atom. The molecule has 2 aromatic carbocycles. The van der Waals surface area contributed by atoms with Crippen LogP contribution < -0.4 is 9.62 Å². The van der Waals surface area contributed by atoms with Crippen molar-refractivity contribution in [2.24, 2.45) is 5.92 Å². The first-order chi connectivity index (χ1) is 13.2. The number of nitro groups is 1. The van der Waals surface area contributed by atoms with Crippen LogP contribution in [0.25, 0.3) is 0 Å². The summed E-state index contributed by atoms with van der Waals surface area (Å²) in [5.74, 6) is -2.21. The van der Waals surface area contributed by atoms with E-state index in [2.05, 4.69) is 4.72 Å². The molecule has 0 spiro atoms. The first-order valence-electron chi connectivity index (χ1n) is 8.08. The molecular weight excluding hydrogens is 390 g/mol. The average molecular weight is 405 g/mol. The molecule has 3 rings (SSSR count). The molecular formula is C17H15N3O7S. The van der Waals surface area contributed by atoms with E-state index in [9.17, 15) is 28.1 Å². The van der Waals surface area contributed by atoms with Crippen molar-refractivity contribution in [3.05, 3.63) is 58.6 Å². The molecule has 0 aliphatic carbocycles. The molecule has 1 amide bonds. The second-order valence-electron chi connectivity index (χ2n) is 6.15. The number of nitrogens with zero attached hydrogens (tertiary/aromatic N) is 2. The van der Waals surface area contributed by atoms with Gasteiger partial charge in [0.25, 0.3) is 15.7 Å². The minimum Gasteiger partial charge on any atom is -0.481 e. The summed E-state index contributed by atoms with van der Waals surface area (Å²) < 4.78 is 27.2. The number of hydrogen-bond acceptors (Lipinski definition) is 6. The number of benzene rings is 2. The van der Waals surface area contributed by atoms with E-state index < -0.39 is 26.8 Å². The van der Waals surface area contributed by atoms with Crippen molar-refractivity contribution in [2.45, 2.75) is 11.3 Å². The summed E-state index contributed by atoms with van der Waals surface area (Å²) in [6.45, 7) is 0.0200. The zero-order valence-corrected chi connectivity index (χ0v) is 15.1. The third kappa shape index (κ3) is 3.93. The van der Waals surface area contributed by atoms with Crippen LogP contribution in [0, 0.1) is 16.0 Å². The average Bonchev–Trinajstić information content (AvgIpc) is 3.04. The zero-order valence-electron chi connectivity index (χ0n) is 14.3. The Labute approximate surface area is 159 Å². The second-order valence-corrected chi connectivity index (χ2v) is 7.83. The van der Waals surface area contributed by atoms with E-state index in [0.29, 0.717) is 5.69 Å². The van der Waals surface area contributed by atoms with Gasteiger partial charge < -0.3 is 10.0 Å². The molecule has 0 aromatic heterocycles. The molecule has 1 atom stereocenters. The summed E-state index contributed by atoms with van der Waals surface area (Å²) in [7, 11) is -4.00. The van der Waals surface area contributed by atoms with Crippen molar-refractivity contribution in [1.29, 1.82) is 0 Å². The number of carboxylic acid groups (broad SMARTS) is 1. The Balaban J connectivity index is 1.79. The highest BCUT2D eigenvalue weighted by molar-refractivity contribution is 7.92. The van der Waals surface area contributed by atoms with Crippen molar-refractivity contribution in [1.82, 2.24) is 0 Å². The number of carbonyl (C=O) groups is 2. The Bertz CT molecular complexity index is 1050. The van der Waals surface area contributed by atoms with E-state index >= 15 is 0 Å². The van der Waals surface area contributed by atoms with Crippen LogP contribution in [0.3, 0.4) is 0 Å². The first-order valence-corrected chi connectivity index (χ1v) is 9.56. The normalized spacial score (nSPS) is 16.8. The van der Waals surface area contributed by atoms with E-state index in [-0.39, 0.29) is 35.1 Å². The highest BCUT2D eigenvalue weighted by atomic mass is 32.2. The molecule has 2 aromatic rings. The number of anilines is 2. The number of carboxylic acids is 1. The molecule has 1 heterocycles. The smallest absolute Gasteiger partial charge is 0.308 e. The molecule has 0 unspecified atom stereocenters. The fourth-order valence-electron chi connectivity index (χ4n) is 2.82. The van der Waals surface area contributed by atoms with Crippen molar-refractivity contribution in [2.75, 3.05) is 16.2 Å². The predicted octanol–water partition coefficient (Wildman–Crippen LogP) is 1.83. The SMILES string of the molecule is O=C(O)[C@H]1CC(=O)N(c2ccc(S(=O)(=O)Nc3cccc([N+](=O)[O-])c3)cc2)C1. The zero-order chi connectivity index (χ0) is 20.5. The number of hydrogen-bond donors (Lipinski definition) is 2. The second kappa shape index (κ2) is 7.27. The lowest BCUT2D eigenvalue weighted by Gasteiger charge is -2.16. The number of carbonyl (C=O) groups excluding carboxylic acids is 1. The van der Waals surface area contributed by atoms with Crippen LogP contribution in [0.1, 0.15) is 6.42 Å². The lowest BCUT2D eigenvalue weighted by Crippen LogP contribution is -2.25. The predicted molar refractivity (Wildman–Crippen MR) is 98.4 cm³/mol. The lowest BCUT2D eigenvalue weighted by molar-refractivity contribution is -0.384. The maximum Gasteiger partial charge on any atom is 0.308 e. The van der Waals surface area contributed by atoms with E-state index in [0.717, 1.165) is 6.07 Å². The van der Waals surface area contributed by atoms with Crippen LogP contribution in [0.4, 0.5) is 17.1 Å². The van der Waals surface area contributed by atoms with E-state index in [1.807, 2.05) is 0 Å². The summed E-state index contributed by atoms with van der Waals surface area (Å²) in [5.41, 5.74) is 0.177. The first kappa shape index (κ1) is 19.3. The maximum atomic E-state index is 12.5. The van der Waals surface area contributed by atoms with Crippen LogP contribution >= 0.6 is 0 Å². The van der Waals surface area contributed by atoms with Gasteiger partial charge in [-0.25, -0.2) is 8.42 Å². The maximum absolute atomic E-state index is 12.5. The van der Waals surface area contributed by atoms with Gasteiger partial charge in [-0.2, -0.15) is 0 Å². The summed E-state index contributed by atoms with van der Waals surface area (Å²) in [4.78, 5) is 34.4. The number of amides is 1. The number of nitro benzene ring substituents is 1. The number of rotatable bonds is 6. The van der Waals surface area contributed by atoms with Gasteiger partial charge in [0.1, 0.15) is 0 Å². The Kier molecular flexibility index (Phi) is 5.01. The van der Waals surface area contributed by atoms with Crippen molar-refractivity contribution in [3.63, 3.8) is 0 Å². The highest BCUT2D eigenvalue weighted by Gasteiger charge is 2.35. The molecule has 1 fully saturated rings. The van der Waals surface area contributed by atoms with Crippen LogP contribution in [-0.4, -0.2) is 36.9 Å². The topological polar surface area (TPSA) is 147 Å². The minimum atomic E-state index is -4.00. The van der Waals surface area contributed by atoms with Crippen LogP contribution in [0.2, 0.25) is 0 Å². The highest BCUT2D eigenvalue weighted by Crippen LogP contribution is 2.27. The van der Waals surface area contributed by atoms with Crippen LogP contribution in [0.5, 0.6) is 0 Å². The summed E-state index contributed by atoms with van der Waals surface area (Å²) in [6.07, 6.45) is -0.107. The van der Waals surface area contributed by atoms with E-state index in [4.69, 9.17) is 5.11 Å². The molecule has 11 heteroatoms. The van der Waals surface area contributed by atoms with Crippen molar-refractivity contribution >= 4 is 39.0 Å². The molecule has 0 radical (unpaired) electrons. The van der Waals surface area contributed by atoms with Crippen molar-refractivity contribution in [3.8, 4) is 0 Å². The van der Waals surface area contributed by atoms with E-state index in [1.54, 1.807) is 0 Å². The Hall–Kier alpha value is -3.47. The van der Waals surface area contributed by atoms with Gasteiger partial charge in [0.15, 0.2) is 0 Å². The number of non-ortho nitro benzene ring substituents is 1. The fraction of sp³-hybridized carbons (Fsp3) is 0.176. The van der Waals surface area contributed by atoms with E-state index in [1.165, 1.54) is 47.4 Å². The molecule has 0 bridgehead atoms. The van der Waals surface area contributed by atoms with Gasteiger partial charge in [0.2, 0.25) is 5.91 Å². The van der Waals surface area contributed by atoms with Crippen LogP contribution in [-0.2, 0) is 19.6 Å². The molecule has 0 saturated carbocycles. The van der Waals surface area contributed by atoms with Gasteiger partial charge in [-0.1, -0.05) is 6.07 Å².